The van der Waals surface area contributed by atoms with Crippen molar-refractivity contribution in [3.63, 3.8) is 0 Å². The van der Waals surface area contributed by atoms with E-state index in [0.29, 0.717) is 12.8 Å². The van der Waals surface area contributed by atoms with Crippen LogP contribution in [-0.4, -0.2) is 87.5 Å². The van der Waals surface area contributed by atoms with Crippen molar-refractivity contribution in [1.29, 1.82) is 0 Å². The second kappa shape index (κ2) is 64.1. The summed E-state index contributed by atoms with van der Waals surface area (Å²) in [4.78, 5) is 13.2. The maximum Gasteiger partial charge on any atom is 0.220 e. The molecule has 9 heteroatoms. The average Bonchev–Trinajstić information content (AvgIpc) is 3.70. The van der Waals surface area contributed by atoms with E-state index in [0.717, 1.165) is 64.2 Å². The Balaban J connectivity index is 2.06. The molecule has 0 aromatic heterocycles. The molecular weight excluding hydrogens is 1040 g/mol. The van der Waals surface area contributed by atoms with Crippen LogP contribution in [0.2, 0.25) is 0 Å². The number of ether oxygens (including phenoxy) is 2. The van der Waals surface area contributed by atoms with Gasteiger partial charge in [-0.3, -0.25) is 4.79 Å². The molecule has 1 aliphatic heterocycles. The molecule has 1 aliphatic rings. The molecule has 0 aromatic carbocycles. The fraction of sp³-hybridized carbons (Fsp3) is 0.880. The Bertz CT molecular complexity index is 1470. The van der Waals surface area contributed by atoms with Crippen LogP contribution < -0.4 is 5.32 Å². The van der Waals surface area contributed by atoms with E-state index in [1.165, 1.54) is 276 Å². The van der Waals surface area contributed by atoms with E-state index in [4.69, 9.17) is 9.47 Å². The average molecular weight is 1180 g/mol. The zero-order chi connectivity index (χ0) is 60.7. The number of aliphatic hydroxyl groups excluding tert-OH is 5. The third-order valence-electron chi connectivity index (χ3n) is 17.7. The summed E-state index contributed by atoms with van der Waals surface area (Å²) in [5.41, 5.74) is 0. The van der Waals surface area contributed by atoms with Crippen LogP contribution in [0.25, 0.3) is 0 Å². The largest absolute Gasteiger partial charge is 0.394 e. The lowest BCUT2D eigenvalue weighted by molar-refractivity contribution is -0.302. The molecule has 0 radical (unpaired) electrons. The van der Waals surface area contributed by atoms with Gasteiger partial charge in [-0.15, -0.1) is 0 Å². The molecule has 0 saturated carbocycles. The molecule has 1 rings (SSSR count). The molecule has 1 fully saturated rings. The summed E-state index contributed by atoms with van der Waals surface area (Å²) in [7, 11) is 0. The quantitative estimate of drug-likeness (QED) is 0.0261. The Kier molecular flexibility index (Phi) is 61.2. The Morgan fingerprint density at radius 2 is 0.738 bits per heavy atom. The summed E-state index contributed by atoms with van der Waals surface area (Å²) in [6, 6.07) is -0.719. The molecular formula is C75H141NO8. The third-order valence-corrected chi connectivity index (χ3v) is 17.7. The molecule has 1 saturated heterocycles. The fourth-order valence-corrected chi connectivity index (χ4v) is 12.0. The van der Waals surface area contributed by atoms with Crippen LogP contribution in [-0.2, 0) is 14.3 Å². The monoisotopic (exact) mass is 1180 g/mol. The zero-order valence-corrected chi connectivity index (χ0v) is 55.4. The highest BCUT2D eigenvalue weighted by Gasteiger charge is 2.44. The van der Waals surface area contributed by atoms with Gasteiger partial charge in [-0.25, -0.2) is 0 Å². The van der Waals surface area contributed by atoms with E-state index >= 15 is 0 Å². The van der Waals surface area contributed by atoms with Crippen molar-refractivity contribution < 1.29 is 39.8 Å². The van der Waals surface area contributed by atoms with Crippen molar-refractivity contribution in [2.45, 2.75) is 410 Å². The van der Waals surface area contributed by atoms with Crippen molar-refractivity contribution in [1.82, 2.24) is 5.32 Å². The fourth-order valence-electron chi connectivity index (χ4n) is 12.0. The molecule has 0 spiro atoms. The molecule has 0 aromatic rings. The van der Waals surface area contributed by atoms with Gasteiger partial charge in [-0.1, -0.05) is 358 Å². The van der Waals surface area contributed by atoms with Crippen molar-refractivity contribution in [3.05, 3.63) is 48.6 Å². The number of carbonyl (C=O) groups excluding carboxylic acids is 1. The topological polar surface area (TPSA) is 149 Å². The minimum atomic E-state index is -1.55. The lowest BCUT2D eigenvalue weighted by atomic mass is 9.99. The summed E-state index contributed by atoms with van der Waals surface area (Å²) < 4.78 is 11.4. The molecule has 84 heavy (non-hydrogen) atoms. The first kappa shape index (κ1) is 80.2. The lowest BCUT2D eigenvalue weighted by Crippen LogP contribution is -2.60. The third kappa shape index (κ3) is 52.1. The SMILES string of the molecule is CC/C=C\C/C=C\C/C=C\C/C=C\CCCCCCCCCCCCCCCCCCCCCCCCCCC(=O)NC(COC1OC(CO)C(O)C(O)C1O)C(O)CCCCCCCCCCCCCCCCCCCCCCCCCC. The number of unbranched alkanes of at least 4 members (excludes halogenated alkanes) is 47. The molecule has 6 N–H and O–H groups in total. The van der Waals surface area contributed by atoms with Gasteiger partial charge >= 0.3 is 0 Å². The molecule has 9 nitrogen and oxygen atoms in total. The lowest BCUT2D eigenvalue weighted by Gasteiger charge is -2.40. The smallest absolute Gasteiger partial charge is 0.220 e. The van der Waals surface area contributed by atoms with Crippen molar-refractivity contribution in [2.24, 2.45) is 0 Å². The molecule has 1 heterocycles. The standard InChI is InChI=1S/C75H141NO8/c1-3-5-7-9-11-13-15-17-19-21-23-25-27-29-30-31-32-33-34-35-36-37-38-39-40-41-43-45-47-49-51-53-55-57-59-61-63-65-71(79)76-68(67-83-75-74(82)73(81)72(80)70(66-77)84-75)69(78)64-62-60-58-56-54-52-50-48-46-44-42-28-26-24-22-20-18-16-14-12-10-8-6-4-2/h5,7,11,13,17,19,23,25,68-70,72-75,77-78,80-82H,3-4,6,8-10,12,14-16,18,20-22,24,26-67H2,1-2H3,(H,76,79)/b7-5-,13-11-,19-17-,25-23-. The molecule has 0 aliphatic carbocycles. The number of aliphatic hydroxyl groups is 5. The number of amides is 1. The Labute approximate surface area is 520 Å². The van der Waals surface area contributed by atoms with Gasteiger partial charge in [0.2, 0.25) is 5.91 Å². The van der Waals surface area contributed by atoms with Crippen LogP contribution in [0.3, 0.4) is 0 Å². The number of hydrogen-bond acceptors (Lipinski definition) is 8. The van der Waals surface area contributed by atoms with Crippen LogP contribution in [0.15, 0.2) is 48.6 Å². The summed E-state index contributed by atoms with van der Waals surface area (Å²) in [5.74, 6) is -0.136. The second-order valence-corrected chi connectivity index (χ2v) is 25.7. The van der Waals surface area contributed by atoms with E-state index in [9.17, 15) is 30.3 Å². The van der Waals surface area contributed by atoms with Crippen LogP contribution in [0.4, 0.5) is 0 Å². The molecule has 7 unspecified atom stereocenters. The van der Waals surface area contributed by atoms with E-state index in [1.807, 2.05) is 0 Å². The van der Waals surface area contributed by atoms with Crippen molar-refractivity contribution in [3.8, 4) is 0 Å². The maximum atomic E-state index is 13.2. The Morgan fingerprint density at radius 1 is 0.417 bits per heavy atom. The maximum absolute atomic E-state index is 13.2. The van der Waals surface area contributed by atoms with Gasteiger partial charge in [0.1, 0.15) is 24.4 Å². The number of nitrogens with one attached hydrogen (secondary N) is 1. The first-order chi connectivity index (χ1) is 41.3. The summed E-state index contributed by atoms with van der Waals surface area (Å²) >= 11 is 0. The predicted octanol–water partition coefficient (Wildman–Crippen LogP) is 20.4. The Hall–Kier alpha value is -1.85. The highest BCUT2D eigenvalue weighted by Crippen LogP contribution is 2.24. The summed E-state index contributed by atoms with van der Waals surface area (Å²) in [5, 5.41) is 55.0. The van der Waals surface area contributed by atoms with E-state index in [1.54, 1.807) is 0 Å². The van der Waals surface area contributed by atoms with Gasteiger partial charge in [0.15, 0.2) is 6.29 Å². The number of rotatable bonds is 65. The highest BCUT2D eigenvalue weighted by atomic mass is 16.7. The molecule has 0 bridgehead atoms. The highest BCUT2D eigenvalue weighted by molar-refractivity contribution is 5.76. The van der Waals surface area contributed by atoms with Crippen molar-refractivity contribution in [2.75, 3.05) is 13.2 Å². The summed E-state index contributed by atoms with van der Waals surface area (Å²) in [6.45, 7) is 3.78. The predicted molar refractivity (Wildman–Crippen MR) is 359 cm³/mol. The van der Waals surface area contributed by atoms with Crippen molar-refractivity contribution >= 4 is 5.91 Å². The summed E-state index contributed by atoms with van der Waals surface area (Å²) in [6.07, 6.45) is 80.5. The molecule has 494 valence electrons. The number of hydrogen-bond donors (Lipinski definition) is 6. The van der Waals surface area contributed by atoms with Gasteiger partial charge in [0, 0.05) is 6.42 Å². The van der Waals surface area contributed by atoms with E-state index in [-0.39, 0.29) is 12.5 Å². The second-order valence-electron chi connectivity index (χ2n) is 25.7. The normalized spacial score (nSPS) is 18.4. The van der Waals surface area contributed by atoms with E-state index < -0.39 is 49.5 Å². The first-order valence-corrected chi connectivity index (χ1v) is 36.8. The minimum Gasteiger partial charge on any atom is -0.394 e. The van der Waals surface area contributed by atoms with Gasteiger partial charge in [0.25, 0.3) is 0 Å². The molecule has 1 amide bonds. The van der Waals surface area contributed by atoms with E-state index in [2.05, 4.69) is 67.8 Å². The van der Waals surface area contributed by atoms with Gasteiger partial charge in [-0.2, -0.15) is 0 Å². The van der Waals surface area contributed by atoms with Crippen LogP contribution in [0, 0.1) is 0 Å². The minimum absolute atomic E-state index is 0.133. The van der Waals surface area contributed by atoms with Crippen LogP contribution in [0.5, 0.6) is 0 Å². The zero-order valence-electron chi connectivity index (χ0n) is 55.4. The van der Waals surface area contributed by atoms with Gasteiger partial charge in [-0.05, 0) is 51.4 Å². The van der Waals surface area contributed by atoms with Crippen LogP contribution >= 0.6 is 0 Å². The van der Waals surface area contributed by atoms with Crippen LogP contribution in [0.1, 0.15) is 367 Å². The van der Waals surface area contributed by atoms with Gasteiger partial charge in [0.05, 0.1) is 25.4 Å². The first-order valence-electron chi connectivity index (χ1n) is 36.8. The number of carbonyl (C=O) groups is 1. The number of allylic oxidation sites excluding steroid dienone is 8. The Morgan fingerprint density at radius 3 is 1.10 bits per heavy atom. The molecule has 7 atom stereocenters. The van der Waals surface area contributed by atoms with Gasteiger partial charge < -0.3 is 40.3 Å².